The molecule has 1 N–H and O–H groups in total. The summed E-state index contributed by atoms with van der Waals surface area (Å²) in [7, 11) is -3.51. The summed E-state index contributed by atoms with van der Waals surface area (Å²) in [4.78, 5) is 23.7. The van der Waals surface area contributed by atoms with E-state index in [1.54, 1.807) is 28.6 Å². The zero-order valence-corrected chi connectivity index (χ0v) is 18.0. The summed E-state index contributed by atoms with van der Waals surface area (Å²) in [5.74, 6) is -0.517. The Labute approximate surface area is 181 Å². The molecule has 2 aromatic rings. The van der Waals surface area contributed by atoms with Crippen LogP contribution >= 0.6 is 0 Å². The van der Waals surface area contributed by atoms with E-state index in [4.69, 9.17) is 9.15 Å². The number of hydrogen-bond donors (Lipinski definition) is 1. The van der Waals surface area contributed by atoms with Crippen molar-refractivity contribution in [1.82, 2.24) is 9.62 Å². The third-order valence-corrected chi connectivity index (χ3v) is 6.79. The van der Waals surface area contributed by atoms with Gasteiger partial charge in [0.1, 0.15) is 5.76 Å². The van der Waals surface area contributed by atoms with Gasteiger partial charge in [0.05, 0.1) is 17.7 Å². The third-order valence-electron chi connectivity index (χ3n) is 4.88. The van der Waals surface area contributed by atoms with Gasteiger partial charge in [0.2, 0.25) is 10.0 Å². The molecule has 0 saturated carbocycles. The monoisotopic (exact) mass is 446 g/mol. The molecule has 1 aliphatic heterocycles. The molecule has 0 spiro atoms. The van der Waals surface area contributed by atoms with Crippen LogP contribution in [0.25, 0.3) is 6.08 Å². The van der Waals surface area contributed by atoms with Gasteiger partial charge in [-0.15, -0.1) is 0 Å². The number of nitrogens with one attached hydrogen (secondary N) is 1. The van der Waals surface area contributed by atoms with Crippen molar-refractivity contribution >= 4 is 28.0 Å². The second-order valence-corrected chi connectivity index (χ2v) is 9.12. The minimum Gasteiger partial charge on any atom is -0.467 e. The minimum absolute atomic E-state index is 0.214. The normalized spacial score (nSPS) is 15.5. The van der Waals surface area contributed by atoms with E-state index in [0.29, 0.717) is 24.4 Å². The molecule has 0 unspecified atom stereocenters. The predicted molar refractivity (Wildman–Crippen MR) is 114 cm³/mol. The Kier molecular flexibility index (Phi) is 8.02. The highest BCUT2D eigenvalue weighted by Gasteiger charge is 2.24. The van der Waals surface area contributed by atoms with Gasteiger partial charge in [0, 0.05) is 19.2 Å². The molecule has 9 heteroatoms. The second kappa shape index (κ2) is 10.9. The van der Waals surface area contributed by atoms with Gasteiger partial charge < -0.3 is 14.5 Å². The molecule has 1 fully saturated rings. The van der Waals surface area contributed by atoms with Crippen LogP contribution in [0.3, 0.4) is 0 Å². The van der Waals surface area contributed by atoms with E-state index in [1.807, 2.05) is 0 Å². The number of benzene rings is 1. The molecule has 1 aromatic carbocycles. The Morgan fingerprint density at radius 1 is 1.06 bits per heavy atom. The molecule has 1 amide bonds. The molecule has 0 radical (unpaired) electrons. The van der Waals surface area contributed by atoms with E-state index in [9.17, 15) is 18.0 Å². The van der Waals surface area contributed by atoms with Crippen molar-refractivity contribution in [3.8, 4) is 0 Å². The van der Waals surface area contributed by atoms with E-state index >= 15 is 0 Å². The van der Waals surface area contributed by atoms with Gasteiger partial charge in [-0.05, 0) is 48.7 Å². The van der Waals surface area contributed by atoms with Gasteiger partial charge in [-0.1, -0.05) is 25.0 Å². The molecule has 166 valence electrons. The van der Waals surface area contributed by atoms with Crippen molar-refractivity contribution in [2.45, 2.75) is 37.1 Å². The molecule has 31 heavy (non-hydrogen) atoms. The van der Waals surface area contributed by atoms with Gasteiger partial charge in [0.25, 0.3) is 5.91 Å². The maximum absolute atomic E-state index is 12.8. The van der Waals surface area contributed by atoms with Crippen molar-refractivity contribution in [1.29, 1.82) is 0 Å². The number of hydrogen-bond acceptors (Lipinski definition) is 6. The summed E-state index contributed by atoms with van der Waals surface area (Å²) < 4.78 is 37.1. The molecule has 8 nitrogen and oxygen atoms in total. The quantitative estimate of drug-likeness (QED) is 0.494. The average molecular weight is 447 g/mol. The number of rotatable bonds is 8. The van der Waals surface area contributed by atoms with Gasteiger partial charge >= 0.3 is 5.97 Å². The molecule has 0 bridgehead atoms. The first-order valence-electron chi connectivity index (χ1n) is 10.2. The summed E-state index contributed by atoms with van der Waals surface area (Å²) in [5, 5.41) is 2.57. The molecule has 1 aliphatic rings. The fourth-order valence-electron chi connectivity index (χ4n) is 3.18. The summed E-state index contributed by atoms with van der Waals surface area (Å²) in [5.41, 5.74) is 0.647. The zero-order chi connectivity index (χ0) is 22.1. The summed E-state index contributed by atoms with van der Waals surface area (Å²) >= 11 is 0. The van der Waals surface area contributed by atoms with Crippen LogP contribution in [-0.2, 0) is 30.9 Å². The number of furan rings is 1. The smallest absolute Gasteiger partial charge is 0.331 e. The molecule has 3 rings (SSSR count). The fourth-order valence-corrected chi connectivity index (χ4v) is 4.70. The fraction of sp³-hybridized carbons (Fsp3) is 0.364. The molecular weight excluding hydrogens is 420 g/mol. The maximum atomic E-state index is 12.8. The molecule has 2 heterocycles. The Hall–Kier alpha value is -2.91. The first-order valence-corrected chi connectivity index (χ1v) is 11.6. The van der Waals surface area contributed by atoms with Crippen molar-refractivity contribution < 1.29 is 27.2 Å². The molecular formula is C22H26N2O6S. The number of ether oxygens (including phenoxy) is 1. The Morgan fingerprint density at radius 2 is 1.77 bits per heavy atom. The van der Waals surface area contributed by atoms with Crippen LogP contribution < -0.4 is 5.32 Å². The lowest BCUT2D eigenvalue weighted by molar-refractivity contribution is -0.143. The minimum atomic E-state index is -3.51. The average Bonchev–Trinajstić information content (AvgIpc) is 3.14. The standard InChI is InChI=1S/C22H26N2O6S/c25-21(23-16-19-6-5-15-29-19)17-30-22(26)12-9-18-7-10-20(11-8-18)31(27,28)24-13-3-1-2-4-14-24/h5-12,15H,1-4,13-14,16-17H2,(H,23,25). The number of carbonyl (C=O) groups excluding carboxylic acids is 2. The Morgan fingerprint density at radius 3 is 2.42 bits per heavy atom. The van der Waals surface area contributed by atoms with Gasteiger partial charge in [-0.3, -0.25) is 4.79 Å². The number of amides is 1. The third kappa shape index (κ3) is 6.80. The lowest BCUT2D eigenvalue weighted by Crippen LogP contribution is -2.31. The summed E-state index contributed by atoms with van der Waals surface area (Å²) in [6.45, 7) is 0.901. The van der Waals surface area contributed by atoms with Crippen LogP contribution in [0, 0.1) is 0 Å². The van der Waals surface area contributed by atoms with E-state index in [0.717, 1.165) is 25.7 Å². The predicted octanol–water partition coefficient (Wildman–Crippen LogP) is 2.72. The summed E-state index contributed by atoms with van der Waals surface area (Å²) in [6.07, 6.45) is 8.06. The first-order chi connectivity index (χ1) is 14.9. The van der Waals surface area contributed by atoms with Crippen LogP contribution in [0.5, 0.6) is 0 Å². The van der Waals surface area contributed by atoms with Crippen molar-refractivity contribution in [2.75, 3.05) is 19.7 Å². The topological polar surface area (TPSA) is 106 Å². The maximum Gasteiger partial charge on any atom is 0.331 e. The zero-order valence-electron chi connectivity index (χ0n) is 17.2. The lowest BCUT2D eigenvalue weighted by Gasteiger charge is -2.19. The highest BCUT2D eigenvalue weighted by molar-refractivity contribution is 7.89. The number of nitrogens with zero attached hydrogens (tertiary/aromatic N) is 1. The second-order valence-electron chi connectivity index (χ2n) is 7.18. The highest BCUT2D eigenvalue weighted by atomic mass is 32.2. The largest absolute Gasteiger partial charge is 0.467 e. The van der Waals surface area contributed by atoms with E-state index in [2.05, 4.69) is 5.32 Å². The van der Waals surface area contributed by atoms with Gasteiger partial charge in [-0.2, -0.15) is 4.31 Å². The van der Waals surface area contributed by atoms with Gasteiger partial charge in [-0.25, -0.2) is 13.2 Å². The van der Waals surface area contributed by atoms with Crippen molar-refractivity contribution in [3.63, 3.8) is 0 Å². The molecule has 0 atom stereocenters. The van der Waals surface area contributed by atoms with Crippen LogP contribution in [0.1, 0.15) is 37.0 Å². The summed E-state index contributed by atoms with van der Waals surface area (Å²) in [6, 6.07) is 9.76. The molecule has 1 saturated heterocycles. The van der Waals surface area contributed by atoms with E-state index in [1.165, 1.54) is 30.5 Å². The van der Waals surface area contributed by atoms with E-state index in [-0.39, 0.29) is 11.4 Å². The van der Waals surface area contributed by atoms with E-state index < -0.39 is 28.5 Å². The van der Waals surface area contributed by atoms with Crippen molar-refractivity contribution in [3.05, 3.63) is 60.1 Å². The molecule has 1 aromatic heterocycles. The van der Waals surface area contributed by atoms with Gasteiger partial charge in [0.15, 0.2) is 6.61 Å². The number of esters is 1. The lowest BCUT2D eigenvalue weighted by atomic mass is 10.2. The van der Waals surface area contributed by atoms with Crippen LogP contribution in [0.2, 0.25) is 0 Å². The van der Waals surface area contributed by atoms with Crippen LogP contribution in [0.4, 0.5) is 0 Å². The van der Waals surface area contributed by atoms with Crippen LogP contribution in [0.15, 0.2) is 58.1 Å². The molecule has 0 aliphatic carbocycles. The Balaban J connectivity index is 1.48. The number of carbonyl (C=O) groups is 2. The first kappa shape index (κ1) is 22.8. The SMILES string of the molecule is O=C(COC(=O)C=Cc1ccc(S(=O)(=O)N2CCCCCC2)cc1)NCc1ccco1. The highest BCUT2D eigenvalue weighted by Crippen LogP contribution is 2.21. The number of sulfonamides is 1. The van der Waals surface area contributed by atoms with Crippen molar-refractivity contribution in [2.24, 2.45) is 0 Å². The Bertz CT molecular complexity index is 989. The van der Waals surface area contributed by atoms with Crippen LogP contribution in [-0.4, -0.2) is 44.3 Å².